The smallest absolute Gasteiger partial charge is 0.295 e. The number of fused-ring (bicyclic) bond motifs is 2. The summed E-state index contributed by atoms with van der Waals surface area (Å²) in [6.07, 6.45) is 0. The molecule has 3 aromatic carbocycles. The molecule has 9 heteroatoms. The molecular weight excluding hydrogens is 507 g/mol. The number of benzene rings is 3. The summed E-state index contributed by atoms with van der Waals surface area (Å²) >= 11 is 3.37. The Labute approximate surface area is 200 Å². The third-order valence-electron chi connectivity index (χ3n) is 5.51. The fourth-order valence-corrected chi connectivity index (χ4v) is 4.39. The molecule has 170 valence electrons. The van der Waals surface area contributed by atoms with E-state index in [4.69, 9.17) is 14.9 Å². The van der Waals surface area contributed by atoms with Crippen molar-refractivity contribution < 1.29 is 23.1 Å². The van der Waals surface area contributed by atoms with Crippen molar-refractivity contribution in [2.24, 2.45) is 5.73 Å². The van der Waals surface area contributed by atoms with E-state index in [-0.39, 0.29) is 28.9 Å². The Bertz CT molecular complexity index is 1500. The van der Waals surface area contributed by atoms with Crippen molar-refractivity contribution in [3.05, 3.63) is 104 Å². The highest BCUT2D eigenvalue weighted by Crippen LogP contribution is 2.41. The van der Waals surface area contributed by atoms with E-state index in [1.54, 1.807) is 42.5 Å². The van der Waals surface area contributed by atoms with Gasteiger partial charge in [0.2, 0.25) is 5.76 Å². The van der Waals surface area contributed by atoms with E-state index in [1.165, 1.54) is 29.2 Å². The summed E-state index contributed by atoms with van der Waals surface area (Å²) in [5.41, 5.74) is 6.26. The maximum absolute atomic E-state index is 13.6. The molecule has 0 aliphatic carbocycles. The molecule has 0 radical (unpaired) electrons. The summed E-state index contributed by atoms with van der Waals surface area (Å²) in [7, 11) is 0. The monoisotopic (exact) mass is 522 g/mol. The van der Waals surface area contributed by atoms with E-state index in [2.05, 4.69) is 15.9 Å². The number of amides is 2. The van der Waals surface area contributed by atoms with Gasteiger partial charge in [0.15, 0.2) is 12.0 Å². The second-order valence-electron chi connectivity index (χ2n) is 7.69. The number of halogens is 2. The van der Waals surface area contributed by atoms with Gasteiger partial charge < -0.3 is 14.9 Å². The van der Waals surface area contributed by atoms with Crippen molar-refractivity contribution in [3.8, 4) is 5.75 Å². The number of carbonyl (C=O) groups excluding carboxylic acids is 2. The van der Waals surface area contributed by atoms with E-state index < -0.39 is 23.7 Å². The van der Waals surface area contributed by atoms with Crippen LogP contribution in [0.3, 0.4) is 0 Å². The Morgan fingerprint density at radius 2 is 1.76 bits per heavy atom. The average Bonchev–Trinajstić information content (AvgIpc) is 3.11. The summed E-state index contributed by atoms with van der Waals surface area (Å²) in [5, 5.41) is 0.327. The van der Waals surface area contributed by atoms with Gasteiger partial charge in [-0.1, -0.05) is 28.1 Å². The zero-order valence-electron chi connectivity index (χ0n) is 17.5. The summed E-state index contributed by atoms with van der Waals surface area (Å²) in [6, 6.07) is 16.2. The lowest BCUT2D eigenvalue weighted by atomic mass is 9.98. The molecule has 0 saturated heterocycles. The van der Waals surface area contributed by atoms with Crippen molar-refractivity contribution >= 4 is 44.4 Å². The predicted molar refractivity (Wildman–Crippen MR) is 126 cm³/mol. The maximum atomic E-state index is 13.6. The summed E-state index contributed by atoms with van der Waals surface area (Å²) < 4.78 is 25.5. The molecule has 0 bridgehead atoms. The van der Waals surface area contributed by atoms with E-state index in [9.17, 15) is 18.8 Å². The molecule has 1 atom stereocenters. The number of carbonyl (C=O) groups is 2. The molecule has 1 aromatic heterocycles. The average molecular weight is 523 g/mol. The first-order valence-electron chi connectivity index (χ1n) is 10.2. The summed E-state index contributed by atoms with van der Waals surface area (Å²) in [4.78, 5) is 39.5. The molecule has 0 spiro atoms. The normalized spacial score (nSPS) is 14.9. The van der Waals surface area contributed by atoms with Crippen LogP contribution in [0.5, 0.6) is 5.75 Å². The second-order valence-corrected chi connectivity index (χ2v) is 8.61. The van der Waals surface area contributed by atoms with Crippen LogP contribution in [0.25, 0.3) is 11.0 Å². The van der Waals surface area contributed by atoms with Crippen molar-refractivity contribution in [2.75, 3.05) is 11.5 Å². The number of hydrogen-bond acceptors (Lipinski definition) is 5. The minimum atomic E-state index is -0.821. The topological polar surface area (TPSA) is 103 Å². The molecule has 1 unspecified atom stereocenters. The molecule has 0 fully saturated rings. The highest BCUT2D eigenvalue weighted by molar-refractivity contribution is 9.10. The van der Waals surface area contributed by atoms with Crippen LogP contribution in [-0.4, -0.2) is 18.4 Å². The molecular formula is C25H16BrFN2O5. The largest absolute Gasteiger partial charge is 0.484 e. The number of nitrogens with two attached hydrogens (primary N) is 1. The van der Waals surface area contributed by atoms with Crippen LogP contribution in [0.1, 0.15) is 27.7 Å². The quantitative estimate of drug-likeness (QED) is 0.420. The number of ether oxygens (including phenoxy) is 1. The van der Waals surface area contributed by atoms with Gasteiger partial charge >= 0.3 is 0 Å². The molecule has 5 rings (SSSR count). The van der Waals surface area contributed by atoms with Gasteiger partial charge in [-0.2, -0.15) is 0 Å². The molecule has 4 aromatic rings. The first-order chi connectivity index (χ1) is 16.3. The van der Waals surface area contributed by atoms with Crippen LogP contribution < -0.4 is 20.8 Å². The minimum absolute atomic E-state index is 0.0665. The van der Waals surface area contributed by atoms with Gasteiger partial charge in [0, 0.05) is 10.2 Å². The third-order valence-corrected chi connectivity index (χ3v) is 6.01. The van der Waals surface area contributed by atoms with E-state index in [0.29, 0.717) is 26.9 Å². The number of primary amides is 1. The highest BCUT2D eigenvalue weighted by Gasteiger charge is 2.43. The number of rotatable bonds is 5. The van der Waals surface area contributed by atoms with Crippen molar-refractivity contribution in [3.63, 3.8) is 0 Å². The van der Waals surface area contributed by atoms with Gasteiger partial charge in [-0.15, -0.1) is 0 Å². The van der Waals surface area contributed by atoms with Crippen LogP contribution in [0.15, 0.2) is 80.4 Å². The SMILES string of the molecule is NC(=O)COc1ccc(C2c3c(oc4ccc(Br)cc4c3=O)C(=O)N2c2ccc(F)cc2)cc1. The standard InChI is InChI=1S/C25H16BrFN2O5/c26-14-3-10-19-18(11-14)23(31)21-22(13-1-8-17(9-2-13)33-12-20(28)30)29(25(32)24(21)34-19)16-6-4-15(27)5-7-16/h1-11,22H,12H2,(H2,28,30). The van der Waals surface area contributed by atoms with Gasteiger partial charge in [-0.25, -0.2) is 4.39 Å². The molecule has 1 aliphatic rings. The van der Waals surface area contributed by atoms with Crippen LogP contribution in [0.4, 0.5) is 10.1 Å². The molecule has 34 heavy (non-hydrogen) atoms. The van der Waals surface area contributed by atoms with E-state index in [1.807, 2.05) is 0 Å². The third kappa shape index (κ3) is 3.73. The van der Waals surface area contributed by atoms with Crippen LogP contribution in [0.2, 0.25) is 0 Å². The van der Waals surface area contributed by atoms with Crippen molar-refractivity contribution in [2.45, 2.75) is 6.04 Å². The van der Waals surface area contributed by atoms with Crippen molar-refractivity contribution in [1.29, 1.82) is 0 Å². The van der Waals surface area contributed by atoms with Gasteiger partial charge in [0.1, 0.15) is 17.1 Å². The maximum Gasteiger partial charge on any atom is 0.295 e. The van der Waals surface area contributed by atoms with Gasteiger partial charge in [-0.05, 0) is 60.2 Å². The Morgan fingerprint density at radius 1 is 1.06 bits per heavy atom. The first-order valence-corrected chi connectivity index (χ1v) is 11.0. The summed E-state index contributed by atoms with van der Waals surface area (Å²) in [6.45, 7) is -0.281. The number of nitrogens with zero attached hydrogens (tertiary/aromatic N) is 1. The van der Waals surface area contributed by atoms with Crippen LogP contribution in [0, 0.1) is 5.82 Å². The van der Waals surface area contributed by atoms with Gasteiger partial charge in [0.25, 0.3) is 11.8 Å². The molecule has 2 N–H and O–H groups in total. The summed E-state index contributed by atoms with van der Waals surface area (Å²) in [5.74, 6) is -1.25. The van der Waals surface area contributed by atoms with Crippen molar-refractivity contribution in [1.82, 2.24) is 0 Å². The Morgan fingerprint density at radius 3 is 2.44 bits per heavy atom. The lowest BCUT2D eigenvalue weighted by Crippen LogP contribution is -2.29. The van der Waals surface area contributed by atoms with Crippen LogP contribution in [-0.2, 0) is 4.79 Å². The number of hydrogen-bond donors (Lipinski definition) is 1. The molecule has 2 heterocycles. The molecule has 2 amide bonds. The van der Waals surface area contributed by atoms with Gasteiger partial charge in [-0.3, -0.25) is 19.3 Å². The lowest BCUT2D eigenvalue weighted by molar-refractivity contribution is -0.119. The zero-order chi connectivity index (χ0) is 24.0. The Hall–Kier alpha value is -3.98. The van der Waals surface area contributed by atoms with Crippen LogP contribution >= 0.6 is 15.9 Å². The van der Waals surface area contributed by atoms with E-state index >= 15 is 0 Å². The highest BCUT2D eigenvalue weighted by atomic mass is 79.9. The fraction of sp³-hybridized carbons (Fsp3) is 0.0800. The molecule has 7 nitrogen and oxygen atoms in total. The Kier molecular flexibility index (Phi) is 5.41. The zero-order valence-corrected chi connectivity index (χ0v) is 19.0. The fourth-order valence-electron chi connectivity index (χ4n) is 4.03. The second kappa shape index (κ2) is 8.42. The van der Waals surface area contributed by atoms with E-state index in [0.717, 1.165) is 0 Å². The molecule has 0 saturated carbocycles. The number of anilines is 1. The first kappa shape index (κ1) is 21.8. The minimum Gasteiger partial charge on any atom is -0.484 e. The van der Waals surface area contributed by atoms with Gasteiger partial charge in [0.05, 0.1) is 17.0 Å². The lowest BCUT2D eigenvalue weighted by Gasteiger charge is -2.25. The predicted octanol–water partition coefficient (Wildman–Crippen LogP) is 4.31. The Balaban J connectivity index is 1.69. The molecule has 1 aliphatic heterocycles.